The van der Waals surface area contributed by atoms with Crippen LogP contribution in [0.2, 0.25) is 5.15 Å². The molecule has 0 aliphatic rings. The Kier molecular flexibility index (Phi) is 3.32. The Morgan fingerprint density at radius 1 is 1.26 bits per heavy atom. The molecule has 0 radical (unpaired) electrons. The molecule has 6 heteroatoms. The second kappa shape index (κ2) is 4.66. The summed E-state index contributed by atoms with van der Waals surface area (Å²) in [5.41, 5.74) is 1.51. The normalized spacial score (nSPS) is 11.6. The Morgan fingerprint density at radius 2 is 1.84 bits per heavy atom. The smallest absolute Gasteiger partial charge is 0.258 e. The highest BCUT2D eigenvalue weighted by molar-refractivity contribution is 6.29. The van der Waals surface area contributed by atoms with E-state index in [4.69, 9.17) is 11.6 Å². The molecule has 0 aliphatic carbocycles. The molecule has 0 atom stereocenters. The maximum Gasteiger partial charge on any atom is 0.269 e. The van der Waals surface area contributed by atoms with Gasteiger partial charge in [0.25, 0.3) is 5.69 Å². The summed E-state index contributed by atoms with van der Waals surface area (Å²) in [5, 5.41) is 15.5. The van der Waals surface area contributed by atoms with Crippen LogP contribution in [-0.2, 0) is 5.41 Å². The molecule has 100 valence electrons. The standard InChI is InChI=1S/C13H14ClN3O2/c1-13(2,3)11-8-12(14)16(15-11)9-4-6-10(7-5-9)17(18)19/h4-8H,1-3H3. The van der Waals surface area contributed by atoms with Crippen LogP contribution in [0, 0.1) is 10.1 Å². The van der Waals surface area contributed by atoms with Crippen molar-refractivity contribution in [1.82, 2.24) is 9.78 Å². The zero-order valence-corrected chi connectivity index (χ0v) is 11.7. The SMILES string of the molecule is CC(C)(C)c1cc(Cl)n(-c2ccc([N+](=O)[O-])cc2)n1. The van der Waals surface area contributed by atoms with Gasteiger partial charge in [0.05, 0.1) is 16.3 Å². The Balaban J connectivity index is 2.42. The van der Waals surface area contributed by atoms with Crippen molar-refractivity contribution in [2.45, 2.75) is 26.2 Å². The summed E-state index contributed by atoms with van der Waals surface area (Å²) >= 11 is 6.15. The number of nitrogens with zero attached hydrogens (tertiary/aromatic N) is 3. The fraction of sp³-hybridized carbons (Fsp3) is 0.308. The zero-order chi connectivity index (χ0) is 14.2. The van der Waals surface area contributed by atoms with Gasteiger partial charge in [-0.1, -0.05) is 32.4 Å². The predicted molar refractivity (Wildman–Crippen MR) is 73.9 cm³/mol. The van der Waals surface area contributed by atoms with E-state index in [9.17, 15) is 10.1 Å². The predicted octanol–water partition coefficient (Wildman–Crippen LogP) is 3.73. The summed E-state index contributed by atoms with van der Waals surface area (Å²) in [5.74, 6) is 0. The molecule has 0 spiro atoms. The molecule has 0 aliphatic heterocycles. The van der Waals surface area contributed by atoms with Crippen LogP contribution in [0.1, 0.15) is 26.5 Å². The third-order valence-electron chi connectivity index (χ3n) is 2.74. The Labute approximate surface area is 116 Å². The second-order valence-corrected chi connectivity index (χ2v) is 5.67. The first-order valence-corrected chi connectivity index (χ1v) is 6.18. The van der Waals surface area contributed by atoms with E-state index in [1.807, 2.05) is 26.8 Å². The summed E-state index contributed by atoms with van der Waals surface area (Å²) in [4.78, 5) is 10.2. The first-order valence-electron chi connectivity index (χ1n) is 5.80. The van der Waals surface area contributed by atoms with E-state index in [1.165, 1.54) is 12.1 Å². The lowest BCUT2D eigenvalue weighted by Crippen LogP contribution is -2.12. The molecule has 2 aromatic rings. The monoisotopic (exact) mass is 279 g/mol. The highest BCUT2D eigenvalue weighted by Crippen LogP contribution is 2.26. The van der Waals surface area contributed by atoms with E-state index in [2.05, 4.69) is 5.10 Å². The second-order valence-electron chi connectivity index (χ2n) is 5.29. The molecule has 0 bridgehead atoms. The maximum atomic E-state index is 10.6. The van der Waals surface area contributed by atoms with Crippen LogP contribution in [0.15, 0.2) is 30.3 Å². The topological polar surface area (TPSA) is 61.0 Å². The molecule has 0 amide bonds. The maximum absolute atomic E-state index is 10.6. The van der Waals surface area contributed by atoms with Crippen LogP contribution in [0.5, 0.6) is 0 Å². The van der Waals surface area contributed by atoms with Gasteiger partial charge in [-0.15, -0.1) is 0 Å². The van der Waals surface area contributed by atoms with E-state index in [0.29, 0.717) is 10.8 Å². The van der Waals surface area contributed by atoms with Gasteiger partial charge in [-0.3, -0.25) is 10.1 Å². The van der Waals surface area contributed by atoms with Crippen molar-refractivity contribution in [2.75, 3.05) is 0 Å². The highest BCUT2D eigenvalue weighted by Gasteiger charge is 2.20. The van der Waals surface area contributed by atoms with Crippen LogP contribution in [0.25, 0.3) is 5.69 Å². The molecule has 0 unspecified atom stereocenters. The van der Waals surface area contributed by atoms with Gasteiger partial charge in [-0.2, -0.15) is 5.10 Å². The number of rotatable bonds is 2. The molecule has 5 nitrogen and oxygen atoms in total. The van der Waals surface area contributed by atoms with Crippen molar-refractivity contribution in [3.63, 3.8) is 0 Å². The largest absolute Gasteiger partial charge is 0.269 e. The first kappa shape index (κ1) is 13.5. The molecule has 1 heterocycles. The third-order valence-corrected chi connectivity index (χ3v) is 3.01. The molecule has 1 aromatic heterocycles. The summed E-state index contributed by atoms with van der Waals surface area (Å²) in [6, 6.07) is 7.93. The molecular weight excluding hydrogens is 266 g/mol. The van der Waals surface area contributed by atoms with Crippen molar-refractivity contribution in [1.29, 1.82) is 0 Å². The van der Waals surface area contributed by atoms with Gasteiger partial charge < -0.3 is 0 Å². The molecule has 2 rings (SSSR count). The summed E-state index contributed by atoms with van der Waals surface area (Å²) < 4.78 is 1.58. The van der Waals surface area contributed by atoms with Gasteiger partial charge in [0.15, 0.2) is 0 Å². The van der Waals surface area contributed by atoms with E-state index in [1.54, 1.807) is 16.8 Å². The van der Waals surface area contributed by atoms with E-state index in [0.717, 1.165) is 5.69 Å². The van der Waals surface area contributed by atoms with Crippen molar-refractivity contribution < 1.29 is 4.92 Å². The first-order chi connectivity index (χ1) is 8.79. The lowest BCUT2D eigenvalue weighted by Gasteiger charge is -2.14. The van der Waals surface area contributed by atoms with Crippen LogP contribution >= 0.6 is 11.6 Å². The van der Waals surface area contributed by atoms with Gasteiger partial charge in [0.2, 0.25) is 0 Å². The number of hydrogen-bond donors (Lipinski definition) is 0. The van der Waals surface area contributed by atoms with Crippen LogP contribution in [0.3, 0.4) is 0 Å². The Morgan fingerprint density at radius 3 is 2.26 bits per heavy atom. The van der Waals surface area contributed by atoms with Gasteiger partial charge in [-0.05, 0) is 18.2 Å². The molecule has 0 saturated heterocycles. The fourth-order valence-corrected chi connectivity index (χ4v) is 1.86. The zero-order valence-electron chi connectivity index (χ0n) is 10.9. The third kappa shape index (κ3) is 2.76. The van der Waals surface area contributed by atoms with Crippen LogP contribution < -0.4 is 0 Å². The molecule has 0 saturated carbocycles. The fourth-order valence-electron chi connectivity index (χ4n) is 1.62. The number of benzene rings is 1. The lowest BCUT2D eigenvalue weighted by molar-refractivity contribution is -0.384. The summed E-state index contributed by atoms with van der Waals surface area (Å²) in [6.07, 6.45) is 0. The number of nitro benzene ring substituents is 1. The Bertz CT molecular complexity index is 612. The minimum absolute atomic E-state index is 0.0445. The number of non-ortho nitro benzene ring substituents is 1. The molecular formula is C13H14ClN3O2. The Hall–Kier alpha value is -1.88. The van der Waals surface area contributed by atoms with Crippen LogP contribution in [-0.4, -0.2) is 14.7 Å². The van der Waals surface area contributed by atoms with Crippen molar-refractivity contribution in [2.24, 2.45) is 0 Å². The number of aromatic nitrogens is 2. The van der Waals surface area contributed by atoms with E-state index < -0.39 is 4.92 Å². The molecule has 0 N–H and O–H groups in total. The van der Waals surface area contributed by atoms with E-state index >= 15 is 0 Å². The minimum Gasteiger partial charge on any atom is -0.258 e. The van der Waals surface area contributed by atoms with Gasteiger partial charge in [0.1, 0.15) is 5.15 Å². The van der Waals surface area contributed by atoms with Crippen LogP contribution in [0.4, 0.5) is 5.69 Å². The van der Waals surface area contributed by atoms with Gasteiger partial charge in [0, 0.05) is 17.5 Å². The number of nitro groups is 1. The van der Waals surface area contributed by atoms with Gasteiger partial charge in [-0.25, -0.2) is 4.68 Å². The molecule has 1 aromatic carbocycles. The average molecular weight is 280 g/mol. The van der Waals surface area contributed by atoms with Gasteiger partial charge >= 0.3 is 0 Å². The number of halogens is 1. The molecule has 0 fully saturated rings. The summed E-state index contributed by atoms with van der Waals surface area (Å²) in [7, 11) is 0. The van der Waals surface area contributed by atoms with Crippen molar-refractivity contribution in [3.8, 4) is 5.69 Å². The lowest BCUT2D eigenvalue weighted by atomic mass is 9.93. The molecule has 19 heavy (non-hydrogen) atoms. The highest BCUT2D eigenvalue weighted by atomic mass is 35.5. The minimum atomic E-state index is -0.435. The van der Waals surface area contributed by atoms with Crippen molar-refractivity contribution >= 4 is 17.3 Å². The average Bonchev–Trinajstić information content (AvgIpc) is 2.71. The van der Waals surface area contributed by atoms with Crippen molar-refractivity contribution in [3.05, 3.63) is 51.3 Å². The summed E-state index contributed by atoms with van der Waals surface area (Å²) in [6.45, 7) is 6.14. The quantitative estimate of drug-likeness (QED) is 0.621. The number of hydrogen-bond acceptors (Lipinski definition) is 3. The van der Waals surface area contributed by atoms with E-state index in [-0.39, 0.29) is 11.1 Å².